The van der Waals surface area contributed by atoms with Crippen LogP contribution in [0.4, 0.5) is 17.5 Å². The number of anilines is 2. The minimum Gasteiger partial charge on any atom is -0.368 e. The first-order valence-corrected chi connectivity index (χ1v) is 6.18. The number of carbonyl (C=O) groups excluding carboxylic acids is 1. The average molecular weight is 282 g/mol. The third-order valence-corrected chi connectivity index (χ3v) is 2.57. The van der Waals surface area contributed by atoms with Crippen LogP contribution in [0.3, 0.4) is 0 Å². The molecule has 0 saturated heterocycles. The molecule has 0 aliphatic carbocycles. The fourth-order valence-electron chi connectivity index (χ4n) is 1.57. The van der Waals surface area contributed by atoms with Crippen molar-refractivity contribution in [3.8, 4) is 0 Å². The van der Waals surface area contributed by atoms with E-state index in [0.29, 0.717) is 6.54 Å². The number of carbonyl (C=O) groups is 1. The highest BCUT2D eigenvalue weighted by atomic mass is 16.6. The fraction of sp³-hybridized carbons (Fsp3) is 0.545. The van der Waals surface area contributed by atoms with Crippen LogP contribution in [-0.2, 0) is 4.79 Å². The Morgan fingerprint density at radius 1 is 1.55 bits per heavy atom. The van der Waals surface area contributed by atoms with Gasteiger partial charge >= 0.3 is 5.69 Å². The second-order valence-corrected chi connectivity index (χ2v) is 4.48. The molecule has 110 valence electrons. The molecule has 0 radical (unpaired) electrons. The smallest absolute Gasteiger partial charge is 0.329 e. The molecule has 1 rings (SSSR count). The van der Waals surface area contributed by atoms with Crippen LogP contribution in [0.15, 0.2) is 6.20 Å². The summed E-state index contributed by atoms with van der Waals surface area (Å²) in [4.78, 5) is 29.5. The fourth-order valence-corrected chi connectivity index (χ4v) is 1.57. The zero-order valence-corrected chi connectivity index (χ0v) is 11.6. The molecule has 9 heteroatoms. The molecule has 4 N–H and O–H groups in total. The molecule has 1 amide bonds. The van der Waals surface area contributed by atoms with E-state index in [9.17, 15) is 14.9 Å². The van der Waals surface area contributed by atoms with Gasteiger partial charge in [-0.25, -0.2) is 4.98 Å². The number of primary amides is 1. The van der Waals surface area contributed by atoms with Crippen LogP contribution in [0, 0.1) is 16.0 Å². The van der Waals surface area contributed by atoms with Crippen LogP contribution in [0.2, 0.25) is 0 Å². The highest BCUT2D eigenvalue weighted by Crippen LogP contribution is 2.23. The number of hydrogen-bond acceptors (Lipinski definition) is 7. The summed E-state index contributed by atoms with van der Waals surface area (Å²) in [5, 5.41) is 16.5. The van der Waals surface area contributed by atoms with E-state index in [1.807, 2.05) is 6.92 Å². The van der Waals surface area contributed by atoms with Gasteiger partial charge in [0, 0.05) is 6.54 Å². The second kappa shape index (κ2) is 6.64. The van der Waals surface area contributed by atoms with Gasteiger partial charge in [0.15, 0.2) is 0 Å². The summed E-state index contributed by atoms with van der Waals surface area (Å²) in [5.41, 5.74) is 4.97. The number of nitrogens with one attached hydrogen (secondary N) is 2. The number of aromatic nitrogens is 2. The molecule has 0 bridgehead atoms. The second-order valence-electron chi connectivity index (χ2n) is 4.48. The Hall–Kier alpha value is -2.45. The van der Waals surface area contributed by atoms with E-state index in [0.717, 1.165) is 6.20 Å². The molecule has 1 aromatic rings. The Morgan fingerprint density at radius 2 is 2.20 bits per heavy atom. The van der Waals surface area contributed by atoms with Crippen LogP contribution in [-0.4, -0.2) is 33.4 Å². The summed E-state index contributed by atoms with van der Waals surface area (Å²) in [6, 6.07) is -0.752. The van der Waals surface area contributed by atoms with Gasteiger partial charge in [-0.2, -0.15) is 4.98 Å². The normalized spacial score (nSPS) is 12.0. The average Bonchev–Trinajstić information content (AvgIpc) is 2.35. The first-order valence-electron chi connectivity index (χ1n) is 6.18. The Morgan fingerprint density at radius 3 is 2.65 bits per heavy atom. The van der Waals surface area contributed by atoms with Gasteiger partial charge in [-0.3, -0.25) is 14.9 Å². The first-order chi connectivity index (χ1) is 9.36. The third kappa shape index (κ3) is 3.77. The number of hydrogen-bond donors (Lipinski definition) is 3. The lowest BCUT2D eigenvalue weighted by molar-refractivity contribution is -0.384. The summed E-state index contributed by atoms with van der Waals surface area (Å²) in [6.07, 6.45) is 1.09. The molecule has 1 heterocycles. The van der Waals surface area contributed by atoms with E-state index in [1.165, 1.54) is 0 Å². The summed E-state index contributed by atoms with van der Waals surface area (Å²) in [7, 11) is 0. The van der Waals surface area contributed by atoms with E-state index >= 15 is 0 Å². The molecule has 0 saturated carbocycles. The molecule has 20 heavy (non-hydrogen) atoms. The predicted octanol–water partition coefficient (Wildman–Crippen LogP) is 0.738. The number of rotatable bonds is 7. The molecule has 9 nitrogen and oxygen atoms in total. The SMILES string of the molecule is CCNc1ncc([N+](=O)[O-])c(NC(C(N)=O)C(C)C)n1. The van der Waals surface area contributed by atoms with E-state index in [-0.39, 0.29) is 23.4 Å². The van der Waals surface area contributed by atoms with Crippen molar-refractivity contribution in [1.29, 1.82) is 0 Å². The van der Waals surface area contributed by atoms with Gasteiger partial charge in [0.25, 0.3) is 0 Å². The molecule has 1 unspecified atom stereocenters. The summed E-state index contributed by atoms with van der Waals surface area (Å²) < 4.78 is 0. The van der Waals surface area contributed by atoms with E-state index in [1.54, 1.807) is 13.8 Å². The maximum atomic E-state index is 11.4. The van der Waals surface area contributed by atoms with Gasteiger partial charge in [-0.15, -0.1) is 0 Å². The van der Waals surface area contributed by atoms with Crippen molar-refractivity contribution in [3.63, 3.8) is 0 Å². The maximum absolute atomic E-state index is 11.4. The largest absolute Gasteiger partial charge is 0.368 e. The van der Waals surface area contributed by atoms with Gasteiger partial charge in [-0.05, 0) is 12.8 Å². The quantitative estimate of drug-likeness (QED) is 0.495. The lowest BCUT2D eigenvalue weighted by atomic mass is 10.0. The van der Waals surface area contributed by atoms with Crippen molar-refractivity contribution in [2.45, 2.75) is 26.8 Å². The molecule has 0 spiro atoms. The van der Waals surface area contributed by atoms with Crippen LogP contribution < -0.4 is 16.4 Å². The highest BCUT2D eigenvalue weighted by Gasteiger charge is 2.25. The maximum Gasteiger partial charge on any atom is 0.329 e. The summed E-state index contributed by atoms with van der Waals surface area (Å²) in [6.45, 7) is 5.97. The molecule has 0 aliphatic heterocycles. The van der Waals surface area contributed by atoms with E-state index < -0.39 is 16.9 Å². The molecule has 0 fully saturated rings. The monoisotopic (exact) mass is 282 g/mol. The number of nitrogens with two attached hydrogens (primary N) is 1. The lowest BCUT2D eigenvalue weighted by Crippen LogP contribution is -2.40. The van der Waals surface area contributed by atoms with Crippen LogP contribution in [0.25, 0.3) is 0 Å². The summed E-state index contributed by atoms with van der Waals surface area (Å²) >= 11 is 0. The molecule has 0 aromatic carbocycles. The van der Waals surface area contributed by atoms with Crippen LogP contribution in [0.1, 0.15) is 20.8 Å². The standard InChI is InChI=1S/C11H18N6O3/c1-4-13-11-14-5-7(17(19)20)10(16-11)15-8(6(2)3)9(12)18/h5-6,8H,4H2,1-3H3,(H2,12,18)(H2,13,14,15,16). The van der Waals surface area contributed by atoms with Crippen LogP contribution >= 0.6 is 0 Å². The van der Waals surface area contributed by atoms with Crippen molar-refractivity contribution in [1.82, 2.24) is 9.97 Å². The predicted molar refractivity (Wildman–Crippen MR) is 74.3 cm³/mol. The molecular weight excluding hydrogens is 264 g/mol. The Labute approximate surface area is 116 Å². The van der Waals surface area contributed by atoms with Crippen molar-refractivity contribution in [2.75, 3.05) is 17.2 Å². The van der Waals surface area contributed by atoms with Gasteiger partial charge in [0.2, 0.25) is 17.7 Å². The van der Waals surface area contributed by atoms with Gasteiger partial charge in [0.05, 0.1) is 4.92 Å². The van der Waals surface area contributed by atoms with E-state index in [2.05, 4.69) is 20.6 Å². The van der Waals surface area contributed by atoms with Crippen molar-refractivity contribution in [2.24, 2.45) is 11.7 Å². The number of nitro groups is 1. The number of amides is 1. The van der Waals surface area contributed by atoms with Gasteiger partial charge in [0.1, 0.15) is 12.2 Å². The first kappa shape index (κ1) is 15.6. The van der Waals surface area contributed by atoms with Gasteiger partial charge in [-0.1, -0.05) is 13.8 Å². The zero-order valence-electron chi connectivity index (χ0n) is 11.6. The minimum absolute atomic E-state index is 0.0292. The zero-order chi connectivity index (χ0) is 15.3. The molecule has 1 aromatic heterocycles. The minimum atomic E-state index is -0.752. The Bertz CT molecular complexity index is 505. The van der Waals surface area contributed by atoms with Crippen molar-refractivity contribution in [3.05, 3.63) is 16.3 Å². The third-order valence-electron chi connectivity index (χ3n) is 2.57. The van der Waals surface area contributed by atoms with Gasteiger partial charge < -0.3 is 16.4 Å². The summed E-state index contributed by atoms with van der Waals surface area (Å²) in [5.74, 6) is -0.520. The Kier molecular flexibility index (Phi) is 5.18. The Balaban J connectivity index is 3.14. The molecule has 1 atom stereocenters. The van der Waals surface area contributed by atoms with E-state index in [4.69, 9.17) is 5.73 Å². The molecule has 0 aliphatic rings. The number of nitrogens with zero attached hydrogens (tertiary/aromatic N) is 3. The van der Waals surface area contributed by atoms with Crippen molar-refractivity contribution < 1.29 is 9.72 Å². The topological polar surface area (TPSA) is 136 Å². The molecular formula is C11H18N6O3. The van der Waals surface area contributed by atoms with Crippen LogP contribution in [0.5, 0.6) is 0 Å². The highest BCUT2D eigenvalue weighted by molar-refractivity contribution is 5.83. The lowest BCUT2D eigenvalue weighted by Gasteiger charge is -2.19. The van der Waals surface area contributed by atoms with Crippen molar-refractivity contribution >= 4 is 23.4 Å².